The van der Waals surface area contributed by atoms with Crippen molar-refractivity contribution in [1.29, 1.82) is 0 Å². The third-order valence-electron chi connectivity index (χ3n) is 7.13. The van der Waals surface area contributed by atoms with Crippen LogP contribution in [0.15, 0.2) is 40.4 Å². The van der Waals surface area contributed by atoms with E-state index in [9.17, 15) is 20.1 Å². The van der Waals surface area contributed by atoms with Gasteiger partial charge in [0, 0.05) is 0 Å². The lowest BCUT2D eigenvalue weighted by molar-refractivity contribution is -0.137. The summed E-state index contributed by atoms with van der Waals surface area (Å²) in [4.78, 5) is 16.3. The fraction of sp³-hybridized carbons (Fsp3) is 0.733. The molecule has 6 N–H and O–H groups in total. The van der Waals surface area contributed by atoms with Gasteiger partial charge in [-0.3, -0.25) is 0 Å². The van der Waals surface area contributed by atoms with Crippen molar-refractivity contribution < 1.29 is 20.1 Å². The number of aliphatic carboxylic acids is 1. The van der Waals surface area contributed by atoms with Gasteiger partial charge in [0.1, 0.15) is 6.04 Å². The Hall–Kier alpha value is -2.12. The van der Waals surface area contributed by atoms with Gasteiger partial charge in [-0.2, -0.15) is 0 Å². The summed E-state index contributed by atoms with van der Waals surface area (Å²) < 4.78 is 0. The van der Waals surface area contributed by atoms with Gasteiger partial charge in [0.2, 0.25) is 0 Å². The number of aliphatic imine (C=N–C) groups is 1. The maximum atomic E-state index is 12.0. The first kappa shape index (κ1) is 32.9. The minimum atomic E-state index is -1.01. The predicted molar refractivity (Wildman–Crippen MR) is 153 cm³/mol. The van der Waals surface area contributed by atoms with Gasteiger partial charge >= 0.3 is 5.97 Å². The molecule has 0 radical (unpaired) electrons. The number of nitrogens with one attached hydrogen (secondary N) is 1. The van der Waals surface area contributed by atoms with Crippen LogP contribution in [0.25, 0.3) is 0 Å². The molecule has 0 spiro atoms. The summed E-state index contributed by atoms with van der Waals surface area (Å²) in [6, 6.07) is -0.985. The highest BCUT2D eigenvalue weighted by molar-refractivity contribution is 5.86. The number of rotatable bonds is 18. The number of carboxylic acid groups (broad SMARTS) is 1. The summed E-state index contributed by atoms with van der Waals surface area (Å²) in [5, 5.41) is 32.6. The largest absolute Gasteiger partial charge is 0.479 e. The number of carboxylic acids is 1. The Balaban J connectivity index is 2.86. The molecule has 1 saturated carbocycles. The highest BCUT2D eigenvalue weighted by Crippen LogP contribution is 2.33. The number of nitrogens with zero attached hydrogens (tertiary/aromatic N) is 1. The van der Waals surface area contributed by atoms with Gasteiger partial charge in [0.05, 0.1) is 19.3 Å². The third-order valence-corrected chi connectivity index (χ3v) is 7.13. The molecule has 0 aromatic rings. The van der Waals surface area contributed by atoms with Crippen LogP contribution in [-0.2, 0) is 4.79 Å². The van der Waals surface area contributed by atoms with E-state index in [0.29, 0.717) is 23.8 Å². The van der Waals surface area contributed by atoms with Gasteiger partial charge in [0.15, 0.2) is 5.96 Å². The summed E-state index contributed by atoms with van der Waals surface area (Å²) in [6.45, 7) is 6.51. The van der Waals surface area contributed by atoms with Gasteiger partial charge < -0.3 is 26.4 Å². The molecule has 7 heteroatoms. The van der Waals surface area contributed by atoms with E-state index in [2.05, 4.69) is 43.2 Å². The predicted octanol–water partition coefficient (Wildman–Crippen LogP) is 5.48. The Morgan fingerprint density at radius 1 is 1.16 bits per heavy atom. The first-order chi connectivity index (χ1) is 17.8. The standard InChI is InChI=1S/C30H53N3O4/c1-4-6-8-10-14-25(20-24-15-12-13-23(3)19-24)21-27(29(36)37)33-30(31)32-18-17-26(22-34)28(35)16-11-9-7-5-2/h10,14,17,21,23-24,27-28,34-35H,4-9,11-13,15-16,18-20,22H2,1-3H3,(H,36,37)(H3,31,32,33). The lowest BCUT2D eigenvalue weighted by Crippen LogP contribution is -2.43. The van der Waals surface area contributed by atoms with Crippen LogP contribution in [-0.4, -0.2) is 52.5 Å². The second-order valence-corrected chi connectivity index (χ2v) is 10.6. The molecule has 4 atom stereocenters. The average molecular weight is 520 g/mol. The number of unbranched alkanes of at least 4 members (excludes halogenated alkanes) is 5. The van der Waals surface area contributed by atoms with E-state index in [1.807, 2.05) is 0 Å². The molecule has 0 aliphatic heterocycles. The molecule has 0 amide bonds. The number of aliphatic hydroxyl groups is 2. The Morgan fingerprint density at radius 3 is 2.57 bits per heavy atom. The summed E-state index contributed by atoms with van der Waals surface area (Å²) in [6.07, 6.45) is 20.7. The molecule has 1 aliphatic carbocycles. The van der Waals surface area contributed by atoms with Gasteiger partial charge in [-0.05, 0) is 54.7 Å². The highest BCUT2D eigenvalue weighted by atomic mass is 16.4. The maximum absolute atomic E-state index is 12.0. The molecule has 212 valence electrons. The molecule has 1 aliphatic rings. The lowest BCUT2D eigenvalue weighted by Gasteiger charge is -2.27. The minimum Gasteiger partial charge on any atom is -0.479 e. The van der Waals surface area contributed by atoms with Gasteiger partial charge in [-0.1, -0.05) is 96.8 Å². The van der Waals surface area contributed by atoms with Crippen LogP contribution in [0.1, 0.15) is 104 Å². The van der Waals surface area contributed by atoms with E-state index in [1.54, 1.807) is 12.2 Å². The maximum Gasteiger partial charge on any atom is 0.330 e. The summed E-state index contributed by atoms with van der Waals surface area (Å²) >= 11 is 0. The fourth-order valence-corrected chi connectivity index (χ4v) is 4.94. The average Bonchev–Trinajstić information content (AvgIpc) is 2.86. The van der Waals surface area contributed by atoms with Crippen molar-refractivity contribution >= 4 is 11.9 Å². The summed E-state index contributed by atoms with van der Waals surface area (Å²) in [7, 11) is 0. The van der Waals surface area contributed by atoms with E-state index in [-0.39, 0.29) is 19.1 Å². The molecular formula is C30H53N3O4. The Morgan fingerprint density at radius 2 is 1.92 bits per heavy atom. The zero-order valence-corrected chi connectivity index (χ0v) is 23.5. The Kier molecular flexibility index (Phi) is 17.7. The molecule has 0 bridgehead atoms. The van der Waals surface area contributed by atoms with Crippen LogP contribution in [0.3, 0.4) is 0 Å². The topological polar surface area (TPSA) is 128 Å². The SMILES string of the molecule is CCCCC=CC(=CC(NC(N)=NCC=C(CO)C(O)CCCCCC)C(=O)O)CC1CCCC(C)C1. The van der Waals surface area contributed by atoms with E-state index in [0.717, 1.165) is 56.9 Å². The van der Waals surface area contributed by atoms with E-state index >= 15 is 0 Å². The van der Waals surface area contributed by atoms with Gasteiger partial charge in [0.25, 0.3) is 0 Å². The molecule has 1 rings (SSSR count). The van der Waals surface area contributed by atoms with Crippen LogP contribution >= 0.6 is 0 Å². The van der Waals surface area contributed by atoms with E-state index in [4.69, 9.17) is 5.73 Å². The Labute approximate surface area is 225 Å². The van der Waals surface area contributed by atoms with Crippen molar-refractivity contribution in [2.45, 2.75) is 116 Å². The molecule has 1 fully saturated rings. The van der Waals surface area contributed by atoms with Gasteiger partial charge in [-0.25, -0.2) is 9.79 Å². The van der Waals surface area contributed by atoms with Gasteiger partial charge in [-0.15, -0.1) is 0 Å². The molecule has 0 aromatic heterocycles. The summed E-state index contributed by atoms with van der Waals surface area (Å²) in [5.74, 6) is 0.299. The van der Waals surface area contributed by atoms with Crippen molar-refractivity contribution in [1.82, 2.24) is 5.32 Å². The van der Waals surface area contributed by atoms with Crippen LogP contribution < -0.4 is 11.1 Å². The Bertz CT molecular complexity index is 760. The molecule has 0 saturated heterocycles. The molecule has 4 unspecified atom stereocenters. The van der Waals surface area contributed by atoms with E-state index < -0.39 is 18.1 Å². The van der Waals surface area contributed by atoms with Crippen LogP contribution in [0, 0.1) is 11.8 Å². The van der Waals surface area contributed by atoms with Crippen molar-refractivity contribution in [2.75, 3.05) is 13.2 Å². The normalized spacial score (nSPS) is 21.3. The van der Waals surface area contributed by atoms with Crippen molar-refractivity contribution in [3.05, 3.63) is 35.5 Å². The van der Waals surface area contributed by atoms with Crippen molar-refractivity contribution in [2.24, 2.45) is 22.6 Å². The number of guanidine groups is 1. The number of hydrogen-bond donors (Lipinski definition) is 5. The first-order valence-corrected chi connectivity index (χ1v) is 14.4. The monoisotopic (exact) mass is 519 g/mol. The molecule has 7 nitrogen and oxygen atoms in total. The quantitative estimate of drug-likeness (QED) is 0.0536. The zero-order valence-electron chi connectivity index (χ0n) is 23.5. The van der Waals surface area contributed by atoms with Crippen LogP contribution in [0.5, 0.6) is 0 Å². The second-order valence-electron chi connectivity index (χ2n) is 10.6. The lowest BCUT2D eigenvalue weighted by atomic mass is 9.79. The number of aliphatic hydroxyl groups excluding tert-OH is 2. The van der Waals surface area contributed by atoms with Crippen molar-refractivity contribution in [3.8, 4) is 0 Å². The number of hydrogen-bond acceptors (Lipinski definition) is 4. The first-order valence-electron chi connectivity index (χ1n) is 14.4. The summed E-state index contributed by atoms with van der Waals surface area (Å²) in [5.41, 5.74) is 7.56. The third kappa shape index (κ3) is 15.0. The zero-order chi connectivity index (χ0) is 27.5. The number of nitrogens with two attached hydrogens (primary N) is 1. The molecule has 0 aromatic carbocycles. The molecular weight excluding hydrogens is 466 g/mol. The number of allylic oxidation sites excluding steroid dienone is 3. The van der Waals surface area contributed by atoms with Crippen LogP contribution in [0.2, 0.25) is 0 Å². The highest BCUT2D eigenvalue weighted by Gasteiger charge is 2.21. The van der Waals surface area contributed by atoms with E-state index in [1.165, 1.54) is 25.7 Å². The van der Waals surface area contributed by atoms with Crippen LogP contribution in [0.4, 0.5) is 0 Å². The smallest absolute Gasteiger partial charge is 0.330 e. The fourth-order valence-electron chi connectivity index (χ4n) is 4.94. The second kappa shape index (κ2) is 19.9. The minimum absolute atomic E-state index is 0.0234. The molecule has 37 heavy (non-hydrogen) atoms. The van der Waals surface area contributed by atoms with Crippen molar-refractivity contribution in [3.63, 3.8) is 0 Å². The number of carbonyl (C=O) groups is 1. The molecule has 0 heterocycles.